The predicted octanol–water partition coefficient (Wildman–Crippen LogP) is 5.41. The molecule has 1 aliphatic heterocycles. The Hall–Kier alpha value is -4.12. The highest BCUT2D eigenvalue weighted by molar-refractivity contribution is 7.72. The molecule has 44 heavy (non-hydrogen) atoms. The third-order valence-corrected chi connectivity index (χ3v) is 7.50. The van der Waals surface area contributed by atoms with Crippen molar-refractivity contribution in [1.29, 1.82) is 0 Å². The van der Waals surface area contributed by atoms with Gasteiger partial charge < -0.3 is 29.6 Å². The van der Waals surface area contributed by atoms with E-state index in [1.807, 2.05) is 0 Å². The zero-order chi connectivity index (χ0) is 32.2. The van der Waals surface area contributed by atoms with Crippen LogP contribution in [-0.4, -0.2) is 74.7 Å². The number of halogens is 4. The van der Waals surface area contributed by atoms with Crippen LogP contribution in [0.25, 0.3) is 10.9 Å². The second kappa shape index (κ2) is 13.3. The van der Waals surface area contributed by atoms with Crippen LogP contribution in [-0.2, 0) is 22.0 Å². The summed E-state index contributed by atoms with van der Waals surface area (Å²) in [7, 11) is -1.42. The number of likely N-dealkylation sites (tertiary alicyclic amines) is 1. The second-order valence-corrected chi connectivity index (χ2v) is 12.3. The van der Waals surface area contributed by atoms with Crippen molar-refractivity contribution in [3.8, 4) is 17.6 Å². The van der Waals surface area contributed by atoms with Crippen LogP contribution in [0.4, 0.5) is 33.7 Å². The molecule has 0 aliphatic carbocycles. The van der Waals surface area contributed by atoms with Crippen LogP contribution in [0.2, 0.25) is 0 Å². The number of carbonyl (C=O) groups excluding carboxylic acids is 1. The first-order valence-electron chi connectivity index (χ1n) is 13.8. The van der Waals surface area contributed by atoms with Crippen molar-refractivity contribution in [2.75, 3.05) is 37.4 Å². The maximum absolute atomic E-state index is 15.2. The Bertz CT molecular complexity index is 1640. The molecule has 1 aliphatic rings. The molecule has 0 saturated carbocycles. The Morgan fingerprint density at radius 3 is 2.50 bits per heavy atom. The third-order valence-electron chi connectivity index (χ3n) is 6.80. The Morgan fingerprint density at radius 2 is 1.86 bits per heavy atom. The van der Waals surface area contributed by atoms with Crippen LogP contribution in [0.15, 0.2) is 47.4 Å². The minimum Gasteiger partial charge on any atom is -0.495 e. The standard InChI is InChI=1S/C30H34F4N4O5S/c1-29(2,3)43-28(39)37-14-12-24(22(31)17-37)36-23-8-5-9-26-21(23)15-19(38(26)18-30(32,33)34)7-6-13-35-25-11-10-20(44(40)41)16-27(25)42-4/h5,8-11,15-16,22,24,35-36,44H,12-14,17-18H2,1-4H3/t22-,24+/m1/s1. The molecule has 0 radical (unpaired) electrons. The smallest absolute Gasteiger partial charge is 0.410 e. The molecule has 2 atom stereocenters. The highest BCUT2D eigenvalue weighted by Crippen LogP contribution is 2.32. The Labute approximate surface area is 254 Å². The molecule has 0 unspecified atom stereocenters. The molecule has 238 valence electrons. The van der Waals surface area contributed by atoms with E-state index in [9.17, 15) is 26.4 Å². The molecule has 2 aromatic carbocycles. The van der Waals surface area contributed by atoms with Crippen molar-refractivity contribution in [3.05, 3.63) is 48.2 Å². The number of ether oxygens (including phenoxy) is 2. The average Bonchev–Trinajstić information content (AvgIpc) is 3.27. The number of carbonyl (C=O) groups is 1. The summed E-state index contributed by atoms with van der Waals surface area (Å²) in [6.45, 7) is 4.01. The number of hydrogen-bond donors (Lipinski definition) is 3. The van der Waals surface area contributed by atoms with Gasteiger partial charge in [0.25, 0.3) is 0 Å². The largest absolute Gasteiger partial charge is 0.495 e. The maximum Gasteiger partial charge on any atom is 0.410 e. The summed E-state index contributed by atoms with van der Waals surface area (Å²) in [5.74, 6) is 5.88. The van der Waals surface area contributed by atoms with Crippen LogP contribution in [0.3, 0.4) is 0 Å². The molecule has 2 heterocycles. The zero-order valence-corrected chi connectivity index (χ0v) is 25.5. The molecule has 1 aromatic heterocycles. The van der Waals surface area contributed by atoms with E-state index in [-0.39, 0.29) is 47.9 Å². The van der Waals surface area contributed by atoms with Crippen molar-refractivity contribution < 1.29 is 40.2 Å². The maximum atomic E-state index is 15.2. The van der Waals surface area contributed by atoms with Gasteiger partial charge in [0.15, 0.2) is 10.7 Å². The van der Waals surface area contributed by atoms with Crippen LogP contribution < -0.4 is 15.4 Å². The van der Waals surface area contributed by atoms with Crippen molar-refractivity contribution in [2.45, 2.75) is 62.6 Å². The van der Waals surface area contributed by atoms with Gasteiger partial charge in [0.1, 0.15) is 24.1 Å². The number of hydrogen-bond acceptors (Lipinski definition) is 7. The van der Waals surface area contributed by atoms with Gasteiger partial charge in [-0.05, 0) is 63.4 Å². The summed E-state index contributed by atoms with van der Waals surface area (Å²) in [6, 6.07) is 9.90. The highest BCUT2D eigenvalue weighted by Gasteiger charge is 2.34. The average molecular weight is 639 g/mol. The number of fused-ring (bicyclic) bond motifs is 1. The van der Waals surface area contributed by atoms with Gasteiger partial charge in [-0.15, -0.1) is 0 Å². The number of aromatic nitrogens is 1. The Morgan fingerprint density at radius 1 is 1.11 bits per heavy atom. The number of methoxy groups -OCH3 is 1. The van der Waals surface area contributed by atoms with Crippen molar-refractivity contribution >= 4 is 39.1 Å². The van der Waals surface area contributed by atoms with Gasteiger partial charge in [0.2, 0.25) is 0 Å². The fraction of sp³-hybridized carbons (Fsp3) is 0.433. The fourth-order valence-electron chi connectivity index (χ4n) is 4.84. The molecule has 3 aromatic rings. The van der Waals surface area contributed by atoms with Crippen molar-refractivity contribution in [1.82, 2.24) is 9.47 Å². The van der Waals surface area contributed by atoms with E-state index in [1.54, 1.807) is 39.0 Å². The predicted molar refractivity (Wildman–Crippen MR) is 160 cm³/mol. The Kier molecular flexibility index (Phi) is 9.88. The van der Waals surface area contributed by atoms with Crippen molar-refractivity contribution in [2.24, 2.45) is 0 Å². The van der Waals surface area contributed by atoms with Gasteiger partial charge in [0, 0.05) is 23.7 Å². The van der Waals surface area contributed by atoms with E-state index in [4.69, 9.17) is 9.47 Å². The molecule has 1 fully saturated rings. The molecule has 1 amide bonds. The van der Waals surface area contributed by atoms with Crippen LogP contribution in [0, 0.1) is 11.8 Å². The summed E-state index contributed by atoms with van der Waals surface area (Å²) in [6.07, 6.45) is -6.29. The normalized spacial score (nSPS) is 17.2. The van der Waals surface area contributed by atoms with Crippen LogP contribution >= 0.6 is 0 Å². The Balaban J connectivity index is 1.55. The van der Waals surface area contributed by atoms with E-state index < -0.39 is 47.3 Å². The first-order valence-corrected chi connectivity index (χ1v) is 15.0. The number of anilines is 2. The molecule has 4 rings (SSSR count). The number of piperidine rings is 1. The topological polar surface area (TPSA) is 102 Å². The first-order chi connectivity index (χ1) is 20.6. The molecule has 0 spiro atoms. The number of alkyl halides is 4. The molecule has 9 nitrogen and oxygen atoms in total. The number of nitrogens with zero attached hydrogens (tertiary/aromatic N) is 2. The number of nitrogens with one attached hydrogen (secondary N) is 2. The minimum atomic E-state index is -4.53. The highest BCUT2D eigenvalue weighted by atomic mass is 32.2. The lowest BCUT2D eigenvalue weighted by atomic mass is 10.0. The lowest BCUT2D eigenvalue weighted by molar-refractivity contribution is -0.140. The SMILES string of the molecule is COc1cc([SH](=O)=O)ccc1NCC#Cc1cc2c(N[C@H]3CCN(C(=O)OC(C)(C)C)C[C@H]3F)cccc2n1CC(F)(F)F. The minimum absolute atomic E-state index is 0.0254. The second-order valence-electron chi connectivity index (χ2n) is 11.2. The van der Waals surface area contributed by atoms with Gasteiger partial charge in [-0.1, -0.05) is 12.0 Å². The summed E-state index contributed by atoms with van der Waals surface area (Å²) >= 11 is 0. The fourth-order valence-corrected chi connectivity index (χ4v) is 5.26. The molecule has 0 bridgehead atoms. The van der Waals surface area contributed by atoms with Gasteiger partial charge in [-0.3, -0.25) is 0 Å². The van der Waals surface area contributed by atoms with E-state index in [1.165, 1.54) is 36.3 Å². The first kappa shape index (κ1) is 32.8. The van der Waals surface area contributed by atoms with Crippen molar-refractivity contribution in [3.63, 3.8) is 0 Å². The summed E-state index contributed by atoms with van der Waals surface area (Å²) in [4.78, 5) is 13.8. The summed E-state index contributed by atoms with van der Waals surface area (Å²) < 4.78 is 90.1. The van der Waals surface area contributed by atoms with Gasteiger partial charge in [-0.2, -0.15) is 13.2 Å². The zero-order valence-electron chi connectivity index (χ0n) is 24.6. The van der Waals surface area contributed by atoms with Crippen LogP contribution in [0.1, 0.15) is 32.9 Å². The summed E-state index contributed by atoms with van der Waals surface area (Å²) in [5.41, 5.74) is 0.576. The van der Waals surface area contributed by atoms with E-state index in [0.717, 1.165) is 4.57 Å². The molecule has 1 saturated heterocycles. The number of benzene rings is 2. The third kappa shape index (κ3) is 8.28. The van der Waals surface area contributed by atoms with E-state index in [2.05, 4.69) is 22.5 Å². The van der Waals surface area contributed by atoms with E-state index >= 15 is 4.39 Å². The lowest BCUT2D eigenvalue weighted by Crippen LogP contribution is -2.51. The number of thiol groups is 1. The lowest BCUT2D eigenvalue weighted by Gasteiger charge is -2.36. The summed E-state index contributed by atoms with van der Waals surface area (Å²) in [5, 5.41) is 6.56. The quantitative estimate of drug-likeness (QED) is 0.181. The molecular weight excluding hydrogens is 604 g/mol. The molecule has 14 heteroatoms. The van der Waals surface area contributed by atoms with Crippen LogP contribution in [0.5, 0.6) is 5.75 Å². The monoisotopic (exact) mass is 638 g/mol. The van der Waals surface area contributed by atoms with Gasteiger partial charge >= 0.3 is 12.3 Å². The van der Waals surface area contributed by atoms with Gasteiger partial charge in [0.05, 0.1) is 48.0 Å². The number of amides is 1. The molecule has 2 N–H and O–H groups in total. The molecular formula is C30H34F4N4O5S. The van der Waals surface area contributed by atoms with E-state index in [0.29, 0.717) is 16.8 Å². The number of rotatable bonds is 7. The van der Waals surface area contributed by atoms with Gasteiger partial charge in [-0.25, -0.2) is 17.6 Å².